The van der Waals surface area contributed by atoms with Crippen molar-refractivity contribution in [2.24, 2.45) is 0 Å². The molecule has 0 radical (unpaired) electrons. The zero-order valence-electron chi connectivity index (χ0n) is 15.6. The van der Waals surface area contributed by atoms with Crippen LogP contribution in [0.1, 0.15) is 29.8 Å². The number of phenols is 1. The Balaban J connectivity index is 1.95. The molecule has 2 aromatic rings. The van der Waals surface area contributed by atoms with E-state index in [1.54, 1.807) is 31.2 Å². The third-order valence-electron chi connectivity index (χ3n) is 3.61. The second-order valence-electron chi connectivity index (χ2n) is 5.65. The second kappa shape index (κ2) is 9.47. The van der Waals surface area contributed by atoms with Crippen molar-refractivity contribution in [2.75, 3.05) is 25.1 Å². The maximum Gasteiger partial charge on any atom is 0.338 e. The Hall–Kier alpha value is -3.22. The zero-order valence-corrected chi connectivity index (χ0v) is 15.6. The number of benzene rings is 2. The Morgan fingerprint density at radius 2 is 1.70 bits per heavy atom. The summed E-state index contributed by atoms with van der Waals surface area (Å²) in [7, 11) is 0. The van der Waals surface area contributed by atoms with Crippen molar-refractivity contribution in [1.82, 2.24) is 0 Å². The lowest BCUT2D eigenvalue weighted by molar-refractivity contribution is -0.119. The van der Waals surface area contributed by atoms with Crippen LogP contribution in [0.2, 0.25) is 0 Å². The number of hydrogen-bond acceptors (Lipinski definition) is 6. The molecule has 0 aliphatic rings. The Morgan fingerprint density at radius 1 is 1.00 bits per heavy atom. The van der Waals surface area contributed by atoms with Crippen molar-refractivity contribution in [3.05, 3.63) is 47.5 Å². The van der Waals surface area contributed by atoms with Crippen molar-refractivity contribution >= 4 is 17.6 Å². The number of phenolic OH excluding ortho intramolecular Hbond substituents is 1. The highest BCUT2D eigenvalue weighted by Gasteiger charge is 2.13. The minimum Gasteiger partial charge on any atom is -0.508 e. The van der Waals surface area contributed by atoms with Crippen molar-refractivity contribution in [2.45, 2.75) is 20.8 Å². The highest BCUT2D eigenvalue weighted by atomic mass is 16.5. The molecule has 0 atom stereocenters. The van der Waals surface area contributed by atoms with Crippen LogP contribution in [0.3, 0.4) is 0 Å². The molecule has 0 aliphatic carbocycles. The number of nitrogens with one attached hydrogen (secondary N) is 1. The summed E-state index contributed by atoms with van der Waals surface area (Å²) >= 11 is 0. The number of anilines is 1. The smallest absolute Gasteiger partial charge is 0.338 e. The van der Waals surface area contributed by atoms with Crippen LogP contribution in [0.5, 0.6) is 17.2 Å². The van der Waals surface area contributed by atoms with Gasteiger partial charge in [-0.15, -0.1) is 0 Å². The van der Waals surface area contributed by atoms with E-state index in [4.69, 9.17) is 14.2 Å². The van der Waals surface area contributed by atoms with Crippen LogP contribution in [-0.2, 0) is 9.53 Å². The lowest BCUT2D eigenvalue weighted by atomic mass is 10.1. The first-order valence-electron chi connectivity index (χ1n) is 8.60. The lowest BCUT2D eigenvalue weighted by Crippen LogP contribution is -2.21. The first-order chi connectivity index (χ1) is 12.9. The van der Waals surface area contributed by atoms with Crippen LogP contribution in [0.25, 0.3) is 0 Å². The minimum absolute atomic E-state index is 0.00765. The number of esters is 1. The molecule has 0 bridgehead atoms. The molecule has 0 aromatic heterocycles. The van der Waals surface area contributed by atoms with Gasteiger partial charge in [-0.25, -0.2) is 4.79 Å². The van der Waals surface area contributed by atoms with Crippen LogP contribution in [0.4, 0.5) is 5.69 Å². The van der Waals surface area contributed by atoms with E-state index in [2.05, 4.69) is 5.32 Å². The largest absolute Gasteiger partial charge is 0.508 e. The van der Waals surface area contributed by atoms with Gasteiger partial charge in [0, 0.05) is 11.8 Å². The predicted molar refractivity (Wildman–Crippen MR) is 101 cm³/mol. The molecule has 144 valence electrons. The van der Waals surface area contributed by atoms with Gasteiger partial charge in [-0.2, -0.15) is 0 Å². The van der Waals surface area contributed by atoms with Crippen molar-refractivity contribution < 1.29 is 28.9 Å². The highest BCUT2D eigenvalue weighted by molar-refractivity contribution is 5.95. The summed E-state index contributed by atoms with van der Waals surface area (Å²) < 4.78 is 16.0. The van der Waals surface area contributed by atoms with E-state index in [1.165, 1.54) is 12.1 Å². The number of carbonyl (C=O) groups is 2. The average Bonchev–Trinajstić information content (AvgIpc) is 2.64. The molecule has 0 aliphatic heterocycles. The molecule has 1 amide bonds. The van der Waals surface area contributed by atoms with Gasteiger partial charge < -0.3 is 24.6 Å². The maximum absolute atomic E-state index is 12.0. The van der Waals surface area contributed by atoms with Gasteiger partial charge in [-0.05, 0) is 50.6 Å². The van der Waals surface area contributed by atoms with E-state index in [0.29, 0.717) is 36.0 Å². The minimum atomic E-state index is -0.692. The molecule has 0 unspecified atom stereocenters. The number of aromatic hydroxyl groups is 1. The second-order valence-corrected chi connectivity index (χ2v) is 5.65. The first kappa shape index (κ1) is 20.1. The third kappa shape index (κ3) is 5.64. The zero-order chi connectivity index (χ0) is 19.8. The number of rotatable bonds is 8. The SMILES string of the molecule is CCOc1ccc(NC(=O)COC(=O)c2ccc(C)c(O)c2)cc1OCC. The van der Waals surface area contributed by atoms with Crippen LogP contribution in [0.15, 0.2) is 36.4 Å². The molecule has 0 saturated carbocycles. The summed E-state index contributed by atoms with van der Waals surface area (Å²) in [6, 6.07) is 9.44. The van der Waals surface area contributed by atoms with E-state index in [0.717, 1.165) is 0 Å². The lowest BCUT2D eigenvalue weighted by Gasteiger charge is -2.13. The standard InChI is InChI=1S/C20H23NO6/c1-4-25-17-9-8-15(11-18(17)26-5-2)21-19(23)12-27-20(24)14-7-6-13(3)16(22)10-14/h6-11,22H,4-5,12H2,1-3H3,(H,21,23). The van der Waals surface area contributed by atoms with E-state index in [-0.39, 0.29) is 11.3 Å². The highest BCUT2D eigenvalue weighted by Crippen LogP contribution is 2.30. The van der Waals surface area contributed by atoms with Crippen molar-refractivity contribution in [1.29, 1.82) is 0 Å². The van der Waals surface area contributed by atoms with Crippen LogP contribution >= 0.6 is 0 Å². The fraction of sp³-hybridized carbons (Fsp3) is 0.300. The van der Waals surface area contributed by atoms with Crippen LogP contribution < -0.4 is 14.8 Å². The molecule has 0 fully saturated rings. The van der Waals surface area contributed by atoms with Gasteiger partial charge in [0.2, 0.25) is 0 Å². The Morgan fingerprint density at radius 3 is 2.37 bits per heavy atom. The molecule has 7 heteroatoms. The van der Waals surface area contributed by atoms with Gasteiger partial charge in [0.05, 0.1) is 18.8 Å². The number of aryl methyl sites for hydroxylation is 1. The van der Waals surface area contributed by atoms with E-state index >= 15 is 0 Å². The van der Waals surface area contributed by atoms with E-state index in [1.807, 2.05) is 13.8 Å². The fourth-order valence-electron chi connectivity index (χ4n) is 2.28. The summed E-state index contributed by atoms with van der Waals surface area (Å²) in [4.78, 5) is 24.0. The summed E-state index contributed by atoms with van der Waals surface area (Å²) in [6.07, 6.45) is 0. The molecule has 27 heavy (non-hydrogen) atoms. The summed E-state index contributed by atoms with van der Waals surface area (Å²) in [6.45, 7) is 5.93. The fourth-order valence-corrected chi connectivity index (χ4v) is 2.28. The number of ether oxygens (including phenoxy) is 3. The molecule has 7 nitrogen and oxygen atoms in total. The first-order valence-corrected chi connectivity index (χ1v) is 8.60. The Bertz CT molecular complexity index is 818. The van der Waals surface area contributed by atoms with Gasteiger partial charge in [-0.1, -0.05) is 6.07 Å². The Kier molecular flexibility index (Phi) is 7.05. The van der Waals surface area contributed by atoms with Gasteiger partial charge in [-0.3, -0.25) is 4.79 Å². The molecule has 2 aromatic carbocycles. The molecule has 2 rings (SSSR count). The van der Waals surface area contributed by atoms with Gasteiger partial charge in [0.1, 0.15) is 5.75 Å². The summed E-state index contributed by atoms with van der Waals surface area (Å²) in [5.41, 5.74) is 1.31. The molecule has 0 saturated heterocycles. The Labute approximate surface area is 157 Å². The summed E-state index contributed by atoms with van der Waals surface area (Å²) in [5.74, 6) is -0.0904. The van der Waals surface area contributed by atoms with Crippen molar-refractivity contribution in [3.8, 4) is 17.2 Å². The normalized spacial score (nSPS) is 10.2. The van der Waals surface area contributed by atoms with Crippen molar-refractivity contribution in [3.63, 3.8) is 0 Å². The number of amides is 1. The molecular weight excluding hydrogens is 350 g/mol. The molecule has 0 spiro atoms. The van der Waals surface area contributed by atoms with Gasteiger partial charge in [0.25, 0.3) is 5.91 Å². The topological polar surface area (TPSA) is 94.1 Å². The molecular formula is C20H23NO6. The maximum atomic E-state index is 12.0. The van der Waals surface area contributed by atoms with E-state index < -0.39 is 18.5 Å². The van der Waals surface area contributed by atoms with Crippen LogP contribution in [-0.4, -0.2) is 36.8 Å². The average molecular weight is 373 g/mol. The van der Waals surface area contributed by atoms with Gasteiger partial charge in [0.15, 0.2) is 18.1 Å². The number of carbonyl (C=O) groups excluding carboxylic acids is 2. The monoisotopic (exact) mass is 373 g/mol. The van der Waals surface area contributed by atoms with Crippen LogP contribution in [0, 0.1) is 6.92 Å². The summed E-state index contributed by atoms with van der Waals surface area (Å²) in [5, 5.41) is 12.3. The number of hydrogen-bond donors (Lipinski definition) is 2. The van der Waals surface area contributed by atoms with E-state index in [9.17, 15) is 14.7 Å². The van der Waals surface area contributed by atoms with Gasteiger partial charge >= 0.3 is 5.97 Å². The quantitative estimate of drug-likeness (QED) is 0.690. The third-order valence-corrected chi connectivity index (χ3v) is 3.61. The predicted octanol–water partition coefficient (Wildman–Crippen LogP) is 3.29. The molecule has 2 N–H and O–H groups in total. The molecule has 0 heterocycles.